The molecule has 0 saturated carbocycles. The highest BCUT2D eigenvalue weighted by atomic mass is 32.2. The summed E-state index contributed by atoms with van der Waals surface area (Å²) in [7, 11) is -2.91. The van der Waals surface area contributed by atoms with Crippen LogP contribution in [0.5, 0.6) is 0 Å². The summed E-state index contributed by atoms with van der Waals surface area (Å²) in [5.74, 6) is 0.345. The Labute approximate surface area is 103 Å². The van der Waals surface area contributed by atoms with Gasteiger partial charge in [-0.05, 0) is 0 Å². The number of rotatable bonds is 7. The summed E-state index contributed by atoms with van der Waals surface area (Å²) in [5.41, 5.74) is 1.08. The molecule has 0 saturated heterocycles. The quantitative estimate of drug-likeness (QED) is 0.787. The first kappa shape index (κ1) is 14.2. The van der Waals surface area contributed by atoms with Crippen molar-refractivity contribution < 1.29 is 8.42 Å². The highest BCUT2D eigenvalue weighted by Gasteiger charge is 2.08. The number of hydrogen-bond acceptors (Lipinski definition) is 4. The Bertz CT molecular complexity index is 437. The van der Waals surface area contributed by atoms with Crippen LogP contribution < -0.4 is 5.32 Å². The molecule has 0 atom stereocenters. The van der Waals surface area contributed by atoms with E-state index in [1.165, 1.54) is 0 Å². The molecule has 0 spiro atoms. The smallest absolute Gasteiger partial charge is 0.151 e. The first-order chi connectivity index (χ1) is 7.93. The Balaban J connectivity index is 2.46. The van der Waals surface area contributed by atoms with Crippen LogP contribution in [0, 0.1) is 0 Å². The third-order valence-electron chi connectivity index (χ3n) is 2.47. The molecule has 0 aliphatic rings. The molecule has 17 heavy (non-hydrogen) atoms. The van der Waals surface area contributed by atoms with Crippen molar-refractivity contribution >= 4 is 9.84 Å². The summed E-state index contributed by atoms with van der Waals surface area (Å²) in [6.45, 7) is 7.02. The Morgan fingerprint density at radius 1 is 1.47 bits per heavy atom. The van der Waals surface area contributed by atoms with Gasteiger partial charge in [0.2, 0.25) is 0 Å². The fourth-order valence-electron chi connectivity index (χ4n) is 1.32. The topological polar surface area (TPSA) is 64.0 Å². The Morgan fingerprint density at radius 3 is 2.76 bits per heavy atom. The van der Waals surface area contributed by atoms with Gasteiger partial charge < -0.3 is 5.32 Å². The second-order valence-corrected chi connectivity index (χ2v) is 6.86. The second-order valence-electron chi connectivity index (χ2n) is 4.38. The van der Waals surface area contributed by atoms with Gasteiger partial charge in [0.15, 0.2) is 9.84 Å². The lowest BCUT2D eigenvalue weighted by Crippen LogP contribution is -2.21. The van der Waals surface area contributed by atoms with Crippen LogP contribution in [0.2, 0.25) is 0 Å². The van der Waals surface area contributed by atoms with E-state index >= 15 is 0 Å². The zero-order chi connectivity index (χ0) is 12.9. The maximum atomic E-state index is 11.3. The van der Waals surface area contributed by atoms with Gasteiger partial charge in [-0.15, -0.1) is 0 Å². The van der Waals surface area contributed by atoms with Gasteiger partial charge in [0, 0.05) is 30.1 Å². The Kier molecular flexibility index (Phi) is 5.14. The fourth-order valence-corrected chi connectivity index (χ4v) is 2.07. The summed E-state index contributed by atoms with van der Waals surface area (Å²) in [5, 5.41) is 7.43. The normalized spacial score (nSPS) is 12.2. The van der Waals surface area contributed by atoms with Crippen LogP contribution in [0.4, 0.5) is 0 Å². The fraction of sp³-hybridized carbons (Fsp3) is 0.727. The van der Waals surface area contributed by atoms with Crippen LogP contribution in [-0.2, 0) is 22.9 Å². The molecular weight excluding hydrogens is 238 g/mol. The molecular formula is C11H21N3O2S. The van der Waals surface area contributed by atoms with Gasteiger partial charge in [0.25, 0.3) is 0 Å². The summed E-state index contributed by atoms with van der Waals surface area (Å²) in [4.78, 5) is 0. The molecule has 5 nitrogen and oxygen atoms in total. The molecule has 1 N–H and O–H groups in total. The highest BCUT2D eigenvalue weighted by Crippen LogP contribution is 1.99. The largest absolute Gasteiger partial charge is 0.310 e. The van der Waals surface area contributed by atoms with Gasteiger partial charge >= 0.3 is 0 Å². The number of sulfone groups is 1. The van der Waals surface area contributed by atoms with E-state index in [2.05, 4.69) is 24.3 Å². The van der Waals surface area contributed by atoms with Crippen molar-refractivity contribution in [1.82, 2.24) is 15.1 Å². The van der Waals surface area contributed by atoms with E-state index in [0.29, 0.717) is 12.6 Å². The van der Waals surface area contributed by atoms with Crippen LogP contribution in [0.15, 0.2) is 12.4 Å². The van der Waals surface area contributed by atoms with Crippen LogP contribution in [-0.4, -0.2) is 35.7 Å². The molecule has 0 unspecified atom stereocenters. The Morgan fingerprint density at radius 2 is 2.18 bits per heavy atom. The van der Waals surface area contributed by atoms with Gasteiger partial charge in [-0.2, -0.15) is 5.10 Å². The molecule has 0 aliphatic carbocycles. The number of hydrogen-bond donors (Lipinski definition) is 1. The average Bonchev–Trinajstić information content (AvgIpc) is 2.72. The molecule has 1 rings (SSSR count). The van der Waals surface area contributed by atoms with Crippen LogP contribution in [0.25, 0.3) is 0 Å². The predicted molar refractivity (Wildman–Crippen MR) is 68.5 cm³/mol. The molecule has 98 valence electrons. The minimum Gasteiger partial charge on any atom is -0.310 e. The van der Waals surface area contributed by atoms with Gasteiger partial charge in [-0.25, -0.2) is 8.42 Å². The molecule has 0 aromatic carbocycles. The molecule has 1 heterocycles. The molecule has 1 aromatic heterocycles. The van der Waals surface area contributed by atoms with Gasteiger partial charge in [0.05, 0.1) is 18.5 Å². The van der Waals surface area contributed by atoms with E-state index in [1.54, 1.807) is 17.8 Å². The first-order valence-corrected chi connectivity index (χ1v) is 7.70. The second kappa shape index (κ2) is 6.16. The molecule has 0 radical (unpaired) electrons. The van der Waals surface area contributed by atoms with Crippen LogP contribution in [0.1, 0.15) is 26.3 Å². The van der Waals surface area contributed by atoms with E-state index < -0.39 is 9.84 Å². The standard InChI is InChI=1S/C11H21N3O2S/c1-4-17(15,16)6-5-14-9-11(8-13-14)7-12-10(2)3/h8-10,12H,4-7H2,1-3H3. The summed E-state index contributed by atoms with van der Waals surface area (Å²) < 4.78 is 24.4. The van der Waals surface area contributed by atoms with Crippen molar-refractivity contribution in [3.63, 3.8) is 0 Å². The Hall–Kier alpha value is -0.880. The summed E-state index contributed by atoms with van der Waals surface area (Å²) in [6, 6.07) is 0.429. The molecule has 0 aliphatic heterocycles. The van der Waals surface area contributed by atoms with Gasteiger partial charge in [-0.1, -0.05) is 20.8 Å². The lowest BCUT2D eigenvalue weighted by molar-refractivity contribution is 0.580. The number of aryl methyl sites for hydroxylation is 1. The average molecular weight is 259 g/mol. The van der Waals surface area contributed by atoms with E-state index in [0.717, 1.165) is 12.1 Å². The first-order valence-electron chi connectivity index (χ1n) is 5.88. The zero-order valence-corrected chi connectivity index (χ0v) is 11.5. The molecule has 0 bridgehead atoms. The van der Waals surface area contributed by atoms with Crippen LogP contribution in [0.3, 0.4) is 0 Å². The highest BCUT2D eigenvalue weighted by molar-refractivity contribution is 7.91. The third kappa shape index (κ3) is 5.32. The third-order valence-corrected chi connectivity index (χ3v) is 4.16. The number of nitrogens with zero attached hydrogens (tertiary/aromatic N) is 2. The molecule has 0 fully saturated rings. The van der Waals surface area contributed by atoms with Crippen molar-refractivity contribution in [3.05, 3.63) is 18.0 Å². The van der Waals surface area contributed by atoms with Gasteiger partial charge in [-0.3, -0.25) is 4.68 Å². The molecule has 0 amide bonds. The van der Waals surface area contributed by atoms with Crippen molar-refractivity contribution in [2.75, 3.05) is 11.5 Å². The van der Waals surface area contributed by atoms with Crippen molar-refractivity contribution in [3.8, 4) is 0 Å². The van der Waals surface area contributed by atoms with E-state index in [9.17, 15) is 8.42 Å². The van der Waals surface area contributed by atoms with E-state index in [1.807, 2.05) is 6.20 Å². The molecule has 6 heteroatoms. The number of nitrogens with one attached hydrogen (secondary N) is 1. The van der Waals surface area contributed by atoms with Crippen LogP contribution >= 0.6 is 0 Å². The van der Waals surface area contributed by atoms with Gasteiger partial charge in [0.1, 0.15) is 0 Å². The van der Waals surface area contributed by atoms with E-state index in [-0.39, 0.29) is 11.5 Å². The zero-order valence-electron chi connectivity index (χ0n) is 10.7. The maximum Gasteiger partial charge on any atom is 0.151 e. The minimum absolute atomic E-state index is 0.155. The SMILES string of the molecule is CCS(=O)(=O)CCn1cc(CNC(C)C)cn1. The van der Waals surface area contributed by atoms with Crippen molar-refractivity contribution in [1.29, 1.82) is 0 Å². The summed E-state index contributed by atoms with van der Waals surface area (Å²) >= 11 is 0. The lowest BCUT2D eigenvalue weighted by Gasteiger charge is -2.05. The minimum atomic E-state index is -2.91. The predicted octanol–water partition coefficient (Wildman–Crippen LogP) is 0.816. The number of aromatic nitrogens is 2. The van der Waals surface area contributed by atoms with Crippen molar-refractivity contribution in [2.45, 2.75) is 39.9 Å². The summed E-state index contributed by atoms with van der Waals surface area (Å²) in [6.07, 6.45) is 3.66. The lowest BCUT2D eigenvalue weighted by atomic mass is 10.3. The van der Waals surface area contributed by atoms with E-state index in [4.69, 9.17) is 0 Å². The van der Waals surface area contributed by atoms with Crippen molar-refractivity contribution in [2.24, 2.45) is 0 Å². The maximum absolute atomic E-state index is 11.3. The monoisotopic (exact) mass is 259 g/mol. The molecule has 1 aromatic rings.